The highest BCUT2D eigenvalue weighted by molar-refractivity contribution is 5.80. The number of aromatic nitrogens is 2. The number of benzene rings is 2. The smallest absolute Gasteiger partial charge is 0.270 e. The van der Waals surface area contributed by atoms with E-state index in [1.807, 2.05) is 48.5 Å². The number of nitrogens with zero attached hydrogens (tertiary/aromatic N) is 3. The lowest BCUT2D eigenvalue weighted by Crippen LogP contribution is -2.16. The first-order chi connectivity index (χ1) is 14.6. The van der Waals surface area contributed by atoms with Gasteiger partial charge in [-0.3, -0.25) is 9.78 Å². The van der Waals surface area contributed by atoms with E-state index in [1.165, 1.54) is 0 Å². The number of nitrogens with one attached hydrogen (secondary N) is 2. The Morgan fingerprint density at radius 2 is 2.03 bits per heavy atom. The molecule has 7 nitrogen and oxygen atoms in total. The van der Waals surface area contributed by atoms with Gasteiger partial charge in [0.1, 0.15) is 17.4 Å². The zero-order chi connectivity index (χ0) is 21.3. The van der Waals surface area contributed by atoms with Gasteiger partial charge in [-0.25, -0.2) is 10.4 Å². The van der Waals surface area contributed by atoms with Crippen molar-refractivity contribution in [2.45, 2.75) is 20.3 Å². The van der Waals surface area contributed by atoms with Gasteiger partial charge in [0, 0.05) is 5.56 Å². The topological polar surface area (TPSA) is 103 Å². The average Bonchev–Trinajstić information content (AvgIpc) is 2.74. The molecule has 0 atom stereocenters. The molecule has 0 fully saturated rings. The van der Waals surface area contributed by atoms with E-state index in [4.69, 9.17) is 4.74 Å². The second-order valence-electron chi connectivity index (χ2n) is 7.09. The van der Waals surface area contributed by atoms with Crippen molar-refractivity contribution >= 4 is 12.2 Å². The SMILES string of the molecule is CC(C)CCOc1cccc(C=NNc2nc(-c3ccccc3)c(C#N)c(=O)[nH]2)c1. The van der Waals surface area contributed by atoms with E-state index in [-0.39, 0.29) is 11.5 Å². The van der Waals surface area contributed by atoms with Crippen LogP contribution in [0.5, 0.6) is 5.75 Å². The van der Waals surface area contributed by atoms with Crippen LogP contribution < -0.4 is 15.7 Å². The number of hydrogen-bond donors (Lipinski definition) is 2. The predicted octanol–water partition coefficient (Wildman–Crippen LogP) is 4.18. The van der Waals surface area contributed by atoms with Crippen molar-refractivity contribution in [1.29, 1.82) is 5.26 Å². The molecule has 0 spiro atoms. The van der Waals surface area contributed by atoms with Gasteiger partial charge in [-0.2, -0.15) is 10.4 Å². The fraction of sp³-hybridized carbons (Fsp3) is 0.217. The Morgan fingerprint density at radius 3 is 2.77 bits per heavy atom. The zero-order valence-electron chi connectivity index (χ0n) is 16.9. The van der Waals surface area contributed by atoms with Crippen molar-refractivity contribution in [2.24, 2.45) is 11.0 Å². The lowest BCUT2D eigenvalue weighted by atomic mass is 10.1. The molecule has 30 heavy (non-hydrogen) atoms. The molecular formula is C23H23N5O2. The highest BCUT2D eigenvalue weighted by atomic mass is 16.5. The molecule has 0 aliphatic heterocycles. The van der Waals surface area contributed by atoms with Crippen molar-refractivity contribution in [1.82, 2.24) is 9.97 Å². The molecule has 3 aromatic rings. The molecule has 2 aromatic carbocycles. The Hall–Kier alpha value is -3.92. The zero-order valence-corrected chi connectivity index (χ0v) is 16.9. The van der Waals surface area contributed by atoms with E-state index in [9.17, 15) is 10.1 Å². The average molecular weight is 401 g/mol. The van der Waals surface area contributed by atoms with Gasteiger partial charge in [-0.1, -0.05) is 56.3 Å². The number of anilines is 1. The Morgan fingerprint density at radius 1 is 1.23 bits per heavy atom. The number of ether oxygens (including phenoxy) is 1. The lowest BCUT2D eigenvalue weighted by molar-refractivity contribution is 0.289. The summed E-state index contributed by atoms with van der Waals surface area (Å²) in [6.45, 7) is 4.97. The number of hydrogen-bond acceptors (Lipinski definition) is 6. The molecule has 0 saturated carbocycles. The standard InChI is InChI=1S/C23H23N5O2/c1-16(2)11-12-30-19-10-6-7-17(13-19)15-25-28-23-26-21(18-8-4-3-5-9-18)20(14-24)22(29)27-23/h3-10,13,15-16H,11-12H2,1-2H3,(H2,26,27,28,29). The van der Waals surface area contributed by atoms with Gasteiger partial charge in [-0.05, 0) is 30.0 Å². The van der Waals surface area contributed by atoms with E-state index in [0.717, 1.165) is 17.7 Å². The number of rotatable bonds is 8. The molecule has 0 amide bonds. The van der Waals surface area contributed by atoms with Crippen LogP contribution in [0.4, 0.5) is 5.95 Å². The Bertz CT molecular complexity index is 1110. The highest BCUT2D eigenvalue weighted by Gasteiger charge is 2.12. The minimum atomic E-state index is -0.524. The van der Waals surface area contributed by atoms with Crippen LogP contribution in [-0.2, 0) is 0 Å². The van der Waals surface area contributed by atoms with Crippen LogP contribution in [0.2, 0.25) is 0 Å². The van der Waals surface area contributed by atoms with Crippen molar-refractivity contribution in [2.75, 3.05) is 12.0 Å². The molecule has 0 aliphatic rings. The first kappa shape index (κ1) is 20.8. The van der Waals surface area contributed by atoms with Gasteiger partial charge in [0.15, 0.2) is 0 Å². The summed E-state index contributed by atoms with van der Waals surface area (Å²) in [5.74, 6) is 1.51. The summed E-state index contributed by atoms with van der Waals surface area (Å²) in [5.41, 5.74) is 3.98. The summed E-state index contributed by atoms with van der Waals surface area (Å²) in [5, 5.41) is 13.5. The normalized spacial score (nSPS) is 10.9. The first-order valence-electron chi connectivity index (χ1n) is 9.68. The quantitative estimate of drug-likeness (QED) is 0.435. The number of hydrazone groups is 1. The van der Waals surface area contributed by atoms with Crippen molar-refractivity contribution in [3.05, 3.63) is 76.1 Å². The number of aromatic amines is 1. The summed E-state index contributed by atoms with van der Waals surface area (Å²) in [6, 6.07) is 18.6. The van der Waals surface area contributed by atoms with Gasteiger partial charge < -0.3 is 4.74 Å². The minimum absolute atomic E-state index is 0.0398. The molecule has 3 rings (SSSR count). The van der Waals surface area contributed by atoms with E-state index < -0.39 is 5.56 Å². The minimum Gasteiger partial charge on any atom is -0.494 e. The molecule has 1 aromatic heterocycles. The third-order valence-electron chi connectivity index (χ3n) is 4.28. The summed E-state index contributed by atoms with van der Waals surface area (Å²) in [6.07, 6.45) is 2.59. The van der Waals surface area contributed by atoms with Crippen LogP contribution in [0, 0.1) is 17.2 Å². The van der Waals surface area contributed by atoms with Crippen LogP contribution in [0.25, 0.3) is 11.3 Å². The molecule has 1 heterocycles. The lowest BCUT2D eigenvalue weighted by Gasteiger charge is -2.08. The number of nitriles is 1. The second-order valence-corrected chi connectivity index (χ2v) is 7.09. The maximum Gasteiger partial charge on any atom is 0.270 e. The number of H-pyrrole nitrogens is 1. The van der Waals surface area contributed by atoms with Crippen molar-refractivity contribution in [3.8, 4) is 23.1 Å². The molecule has 152 valence electrons. The van der Waals surface area contributed by atoms with E-state index >= 15 is 0 Å². The Labute approximate surface area is 175 Å². The van der Waals surface area contributed by atoms with E-state index in [2.05, 4.69) is 34.3 Å². The molecule has 0 saturated heterocycles. The molecule has 0 unspecified atom stereocenters. The molecule has 0 aliphatic carbocycles. The summed E-state index contributed by atoms with van der Waals surface area (Å²) >= 11 is 0. The maximum absolute atomic E-state index is 12.3. The van der Waals surface area contributed by atoms with Gasteiger partial charge in [0.25, 0.3) is 5.56 Å². The second kappa shape index (κ2) is 10.0. The molecule has 0 bridgehead atoms. The third-order valence-corrected chi connectivity index (χ3v) is 4.28. The van der Waals surface area contributed by atoms with Gasteiger partial charge in [-0.15, -0.1) is 0 Å². The largest absolute Gasteiger partial charge is 0.494 e. The fourth-order valence-corrected chi connectivity index (χ4v) is 2.70. The first-order valence-corrected chi connectivity index (χ1v) is 9.68. The van der Waals surface area contributed by atoms with Gasteiger partial charge in [0.05, 0.1) is 18.5 Å². The van der Waals surface area contributed by atoms with Crippen LogP contribution in [0.1, 0.15) is 31.4 Å². The third kappa shape index (κ3) is 5.55. The van der Waals surface area contributed by atoms with Gasteiger partial charge >= 0.3 is 0 Å². The van der Waals surface area contributed by atoms with E-state index in [0.29, 0.717) is 23.8 Å². The molecule has 2 N–H and O–H groups in total. The van der Waals surface area contributed by atoms with Gasteiger partial charge in [0.2, 0.25) is 5.95 Å². The molecular weight excluding hydrogens is 378 g/mol. The monoisotopic (exact) mass is 401 g/mol. The van der Waals surface area contributed by atoms with Crippen LogP contribution >= 0.6 is 0 Å². The Kier molecular flexibility index (Phi) is 6.95. The summed E-state index contributed by atoms with van der Waals surface area (Å²) in [4.78, 5) is 19.2. The Balaban J connectivity index is 1.75. The highest BCUT2D eigenvalue weighted by Crippen LogP contribution is 2.19. The van der Waals surface area contributed by atoms with Crippen LogP contribution in [-0.4, -0.2) is 22.8 Å². The van der Waals surface area contributed by atoms with Crippen LogP contribution in [0.3, 0.4) is 0 Å². The fourth-order valence-electron chi connectivity index (χ4n) is 2.70. The van der Waals surface area contributed by atoms with Crippen molar-refractivity contribution < 1.29 is 4.74 Å². The molecule has 7 heteroatoms. The predicted molar refractivity (Wildman–Crippen MR) is 118 cm³/mol. The van der Waals surface area contributed by atoms with Crippen molar-refractivity contribution in [3.63, 3.8) is 0 Å². The van der Waals surface area contributed by atoms with E-state index in [1.54, 1.807) is 18.3 Å². The maximum atomic E-state index is 12.3. The molecule has 0 radical (unpaired) electrons. The summed E-state index contributed by atoms with van der Waals surface area (Å²) in [7, 11) is 0. The summed E-state index contributed by atoms with van der Waals surface area (Å²) < 4.78 is 5.76. The van der Waals surface area contributed by atoms with Crippen LogP contribution in [0.15, 0.2) is 64.5 Å².